The third-order valence-electron chi connectivity index (χ3n) is 2.50. The molecule has 104 valence electrons. The molecule has 0 bridgehead atoms. The lowest BCUT2D eigenvalue weighted by Crippen LogP contribution is -2.40. The molecule has 6 heteroatoms. The molecule has 19 heavy (non-hydrogen) atoms. The SMILES string of the molecule is C=CCNC(=O)CN(CC)S(=O)(=O)c1ccccc1. The first-order chi connectivity index (χ1) is 9.02. The molecule has 0 aromatic heterocycles. The van der Waals surface area contributed by atoms with E-state index in [-0.39, 0.29) is 23.9 Å². The van der Waals surface area contributed by atoms with Gasteiger partial charge in [-0.3, -0.25) is 4.79 Å². The Morgan fingerprint density at radius 1 is 1.37 bits per heavy atom. The van der Waals surface area contributed by atoms with Crippen LogP contribution in [0.1, 0.15) is 6.92 Å². The van der Waals surface area contributed by atoms with Crippen LogP contribution in [0, 0.1) is 0 Å². The number of carbonyl (C=O) groups excluding carboxylic acids is 1. The van der Waals surface area contributed by atoms with Crippen LogP contribution < -0.4 is 5.32 Å². The summed E-state index contributed by atoms with van der Waals surface area (Å²) < 4.78 is 25.7. The fourth-order valence-electron chi connectivity index (χ4n) is 1.51. The molecule has 5 nitrogen and oxygen atoms in total. The van der Waals surface area contributed by atoms with Crippen molar-refractivity contribution >= 4 is 15.9 Å². The van der Waals surface area contributed by atoms with Gasteiger partial charge in [0.25, 0.3) is 0 Å². The zero-order valence-corrected chi connectivity index (χ0v) is 11.7. The number of hydrogen-bond donors (Lipinski definition) is 1. The average molecular weight is 282 g/mol. The summed E-state index contributed by atoms with van der Waals surface area (Å²) in [7, 11) is -3.62. The Labute approximate surface area is 114 Å². The first-order valence-corrected chi connectivity index (χ1v) is 7.39. The highest BCUT2D eigenvalue weighted by Gasteiger charge is 2.24. The van der Waals surface area contributed by atoms with E-state index in [1.165, 1.54) is 12.1 Å². The van der Waals surface area contributed by atoms with Gasteiger partial charge in [-0.1, -0.05) is 31.2 Å². The first-order valence-electron chi connectivity index (χ1n) is 5.95. The second-order valence-electron chi connectivity index (χ2n) is 3.84. The topological polar surface area (TPSA) is 66.5 Å². The van der Waals surface area contributed by atoms with Gasteiger partial charge in [0.1, 0.15) is 0 Å². The number of carbonyl (C=O) groups is 1. The summed E-state index contributed by atoms with van der Waals surface area (Å²) in [5, 5.41) is 2.56. The summed E-state index contributed by atoms with van der Waals surface area (Å²) in [6.07, 6.45) is 1.54. The van der Waals surface area contributed by atoms with Crippen LogP contribution in [0.4, 0.5) is 0 Å². The second kappa shape index (κ2) is 7.06. The highest BCUT2D eigenvalue weighted by molar-refractivity contribution is 7.89. The molecular formula is C13H18N2O3S. The van der Waals surface area contributed by atoms with Crippen molar-refractivity contribution < 1.29 is 13.2 Å². The van der Waals surface area contributed by atoms with Crippen LogP contribution in [-0.4, -0.2) is 38.3 Å². The second-order valence-corrected chi connectivity index (χ2v) is 5.77. The van der Waals surface area contributed by atoms with Crippen LogP contribution in [-0.2, 0) is 14.8 Å². The molecule has 0 aliphatic carbocycles. The van der Waals surface area contributed by atoms with Gasteiger partial charge in [0, 0.05) is 13.1 Å². The zero-order valence-electron chi connectivity index (χ0n) is 10.9. The van der Waals surface area contributed by atoms with Gasteiger partial charge >= 0.3 is 0 Å². The minimum Gasteiger partial charge on any atom is -0.351 e. The van der Waals surface area contributed by atoms with Crippen molar-refractivity contribution in [2.45, 2.75) is 11.8 Å². The molecule has 1 aromatic rings. The van der Waals surface area contributed by atoms with Gasteiger partial charge in [-0.05, 0) is 12.1 Å². The van der Waals surface area contributed by atoms with Gasteiger partial charge in [0.2, 0.25) is 15.9 Å². The van der Waals surface area contributed by atoms with Gasteiger partial charge < -0.3 is 5.32 Å². The molecule has 0 saturated heterocycles. The Morgan fingerprint density at radius 3 is 2.53 bits per heavy atom. The van der Waals surface area contributed by atoms with E-state index in [0.717, 1.165) is 4.31 Å². The number of benzene rings is 1. The third kappa shape index (κ3) is 4.18. The molecule has 0 radical (unpaired) electrons. The van der Waals surface area contributed by atoms with E-state index >= 15 is 0 Å². The van der Waals surface area contributed by atoms with Gasteiger partial charge in [-0.25, -0.2) is 8.42 Å². The maximum atomic E-state index is 12.3. The standard InChI is InChI=1S/C13H18N2O3S/c1-3-10-14-13(16)11-15(4-2)19(17,18)12-8-6-5-7-9-12/h3,5-9H,1,4,10-11H2,2H3,(H,14,16). The van der Waals surface area contributed by atoms with E-state index < -0.39 is 10.0 Å². The molecular weight excluding hydrogens is 264 g/mol. The smallest absolute Gasteiger partial charge is 0.243 e. The number of nitrogens with zero attached hydrogens (tertiary/aromatic N) is 1. The minimum absolute atomic E-state index is 0.188. The highest BCUT2D eigenvalue weighted by Crippen LogP contribution is 2.14. The normalized spacial score (nSPS) is 11.3. The van der Waals surface area contributed by atoms with E-state index in [1.807, 2.05) is 0 Å². The summed E-state index contributed by atoms with van der Waals surface area (Å²) in [6.45, 7) is 5.54. The lowest BCUT2D eigenvalue weighted by atomic mass is 10.4. The molecule has 0 fully saturated rings. The Hall–Kier alpha value is -1.66. The number of hydrogen-bond acceptors (Lipinski definition) is 3. The Balaban J connectivity index is 2.85. The molecule has 0 heterocycles. The fraction of sp³-hybridized carbons (Fsp3) is 0.308. The summed E-state index contributed by atoms with van der Waals surface area (Å²) >= 11 is 0. The number of amides is 1. The number of rotatable bonds is 7. The van der Waals surface area contributed by atoms with E-state index in [1.54, 1.807) is 31.2 Å². The molecule has 1 rings (SSSR count). The van der Waals surface area contributed by atoms with Crippen molar-refractivity contribution in [2.75, 3.05) is 19.6 Å². The number of nitrogens with one attached hydrogen (secondary N) is 1. The monoisotopic (exact) mass is 282 g/mol. The van der Waals surface area contributed by atoms with Gasteiger partial charge in [0.15, 0.2) is 0 Å². The van der Waals surface area contributed by atoms with Crippen LogP contribution in [0.25, 0.3) is 0 Å². The van der Waals surface area contributed by atoms with Crippen LogP contribution in [0.5, 0.6) is 0 Å². The quantitative estimate of drug-likeness (QED) is 0.759. The Kier molecular flexibility index (Phi) is 5.72. The molecule has 1 aromatic carbocycles. The van der Waals surface area contributed by atoms with Crippen molar-refractivity contribution in [1.29, 1.82) is 0 Å². The molecule has 0 spiro atoms. The largest absolute Gasteiger partial charge is 0.351 e. The number of likely N-dealkylation sites (N-methyl/N-ethyl adjacent to an activating group) is 1. The van der Waals surface area contributed by atoms with Gasteiger partial charge in [-0.15, -0.1) is 6.58 Å². The lowest BCUT2D eigenvalue weighted by molar-refractivity contribution is -0.121. The highest BCUT2D eigenvalue weighted by atomic mass is 32.2. The van der Waals surface area contributed by atoms with Crippen LogP contribution >= 0.6 is 0 Å². The predicted molar refractivity (Wildman–Crippen MR) is 74.1 cm³/mol. The molecule has 0 aliphatic rings. The van der Waals surface area contributed by atoms with Crippen molar-refractivity contribution in [2.24, 2.45) is 0 Å². The van der Waals surface area contributed by atoms with E-state index in [9.17, 15) is 13.2 Å². The summed E-state index contributed by atoms with van der Waals surface area (Å²) in [6, 6.07) is 8.07. The molecule has 0 unspecified atom stereocenters. The molecule has 1 N–H and O–H groups in total. The molecule has 0 saturated carbocycles. The predicted octanol–water partition coefficient (Wildman–Crippen LogP) is 0.999. The fourth-order valence-corrected chi connectivity index (χ4v) is 2.94. The van der Waals surface area contributed by atoms with Crippen LogP contribution in [0.3, 0.4) is 0 Å². The van der Waals surface area contributed by atoms with Crippen molar-refractivity contribution in [3.05, 3.63) is 43.0 Å². The van der Waals surface area contributed by atoms with E-state index in [2.05, 4.69) is 11.9 Å². The third-order valence-corrected chi connectivity index (χ3v) is 4.43. The maximum Gasteiger partial charge on any atom is 0.243 e. The van der Waals surface area contributed by atoms with Gasteiger partial charge in [0.05, 0.1) is 11.4 Å². The molecule has 0 aliphatic heterocycles. The Morgan fingerprint density at radius 2 is 2.00 bits per heavy atom. The molecule has 1 amide bonds. The Bertz CT molecular complexity index is 526. The number of sulfonamides is 1. The summed E-state index contributed by atoms with van der Waals surface area (Å²) in [5.74, 6) is -0.346. The van der Waals surface area contributed by atoms with E-state index in [0.29, 0.717) is 6.54 Å². The lowest BCUT2D eigenvalue weighted by Gasteiger charge is -2.19. The van der Waals surface area contributed by atoms with Crippen molar-refractivity contribution in [1.82, 2.24) is 9.62 Å². The summed E-state index contributed by atoms with van der Waals surface area (Å²) in [4.78, 5) is 11.8. The first kappa shape index (κ1) is 15.4. The summed E-state index contributed by atoms with van der Waals surface area (Å²) in [5.41, 5.74) is 0. The minimum atomic E-state index is -3.62. The van der Waals surface area contributed by atoms with E-state index in [4.69, 9.17) is 0 Å². The zero-order chi connectivity index (χ0) is 14.3. The van der Waals surface area contributed by atoms with Gasteiger partial charge in [-0.2, -0.15) is 4.31 Å². The maximum absolute atomic E-state index is 12.3. The van der Waals surface area contributed by atoms with Crippen LogP contribution in [0.2, 0.25) is 0 Å². The average Bonchev–Trinajstić information content (AvgIpc) is 2.43. The van der Waals surface area contributed by atoms with Crippen molar-refractivity contribution in [3.8, 4) is 0 Å². The van der Waals surface area contributed by atoms with Crippen LogP contribution in [0.15, 0.2) is 47.9 Å². The van der Waals surface area contributed by atoms with Crippen molar-refractivity contribution in [3.63, 3.8) is 0 Å². The molecule has 0 atom stereocenters.